The lowest BCUT2D eigenvalue weighted by molar-refractivity contribution is 0.168. The van der Waals surface area contributed by atoms with Crippen LogP contribution in [-0.2, 0) is 6.54 Å². The van der Waals surface area contributed by atoms with Crippen molar-refractivity contribution >= 4 is 16.7 Å². The van der Waals surface area contributed by atoms with Crippen molar-refractivity contribution in [3.63, 3.8) is 0 Å². The molecule has 0 aromatic carbocycles. The van der Waals surface area contributed by atoms with E-state index in [2.05, 4.69) is 24.5 Å². The smallest absolute Gasteiger partial charge is 0.154 e. The van der Waals surface area contributed by atoms with Crippen molar-refractivity contribution in [1.29, 1.82) is 0 Å². The van der Waals surface area contributed by atoms with Crippen molar-refractivity contribution in [3.8, 4) is 11.3 Å². The minimum absolute atomic E-state index is 0.436. The molecule has 0 saturated carbocycles. The third-order valence-electron chi connectivity index (χ3n) is 3.70. The van der Waals surface area contributed by atoms with Gasteiger partial charge >= 0.3 is 0 Å². The molecular weight excluding hydrogens is 280 g/mol. The molecule has 1 unspecified atom stereocenters. The molecule has 1 atom stereocenters. The Morgan fingerprint density at radius 3 is 3.00 bits per heavy atom. The highest BCUT2D eigenvalue weighted by Crippen LogP contribution is 2.26. The highest BCUT2D eigenvalue weighted by molar-refractivity contribution is 5.83. The molecule has 0 bridgehead atoms. The fraction of sp³-hybridized carbons (Fsp3) is 0.267. The van der Waals surface area contributed by atoms with Gasteiger partial charge in [-0.05, 0) is 19.9 Å². The Balaban J connectivity index is 1.90. The Bertz CT molecular complexity index is 961. The molecule has 0 aliphatic heterocycles. The summed E-state index contributed by atoms with van der Waals surface area (Å²) in [5.74, 6) is 0.903. The number of imidazole rings is 1. The minimum Gasteiger partial charge on any atom is -0.391 e. The molecule has 0 saturated heterocycles. The van der Waals surface area contributed by atoms with Crippen molar-refractivity contribution < 1.29 is 5.11 Å². The van der Waals surface area contributed by atoms with Gasteiger partial charge in [0.15, 0.2) is 5.65 Å². The second-order valence-electron chi connectivity index (χ2n) is 5.50. The number of rotatable bonds is 3. The number of nitrogens with one attached hydrogen (secondary N) is 1. The molecule has 0 aliphatic carbocycles. The van der Waals surface area contributed by atoms with E-state index in [9.17, 15) is 5.11 Å². The fourth-order valence-corrected chi connectivity index (χ4v) is 2.80. The molecular formula is C15H16N6O. The topological polar surface area (TPSA) is 84.0 Å². The molecule has 0 fully saturated rings. The van der Waals surface area contributed by atoms with Gasteiger partial charge in [0.25, 0.3) is 0 Å². The molecule has 22 heavy (non-hydrogen) atoms. The summed E-state index contributed by atoms with van der Waals surface area (Å²) in [5.41, 5.74) is 4.56. The van der Waals surface area contributed by atoms with Gasteiger partial charge in [0, 0.05) is 18.0 Å². The molecule has 4 heterocycles. The lowest BCUT2D eigenvalue weighted by Gasteiger charge is -2.02. The molecule has 0 spiro atoms. The molecule has 2 N–H and O–H groups in total. The molecule has 0 amide bonds. The Labute approximate surface area is 126 Å². The van der Waals surface area contributed by atoms with Crippen molar-refractivity contribution in [1.82, 2.24) is 29.1 Å². The van der Waals surface area contributed by atoms with Gasteiger partial charge in [-0.3, -0.25) is 9.08 Å². The van der Waals surface area contributed by atoms with Gasteiger partial charge in [-0.15, -0.1) is 0 Å². The Morgan fingerprint density at radius 2 is 2.18 bits per heavy atom. The zero-order valence-electron chi connectivity index (χ0n) is 12.4. The average Bonchev–Trinajstić information content (AvgIpc) is 3.15. The number of nitrogens with zero attached hydrogens (tertiary/aromatic N) is 5. The SMILES string of the molecule is Cc1nc(-c2cnn(CC(C)O)c2)c2cnc3[nH]ccc3n12. The lowest BCUT2D eigenvalue weighted by atomic mass is 10.2. The maximum absolute atomic E-state index is 9.46. The first-order valence-corrected chi connectivity index (χ1v) is 7.15. The first-order valence-electron chi connectivity index (χ1n) is 7.15. The predicted molar refractivity (Wildman–Crippen MR) is 82.5 cm³/mol. The summed E-state index contributed by atoms with van der Waals surface area (Å²) in [6.07, 6.45) is 6.92. The van der Waals surface area contributed by atoms with Crippen LogP contribution in [0.2, 0.25) is 0 Å². The summed E-state index contributed by atoms with van der Waals surface area (Å²) in [7, 11) is 0. The predicted octanol–water partition coefficient (Wildman–Crippen LogP) is 1.76. The monoisotopic (exact) mass is 296 g/mol. The normalized spacial score (nSPS) is 13.2. The molecule has 112 valence electrons. The summed E-state index contributed by atoms with van der Waals surface area (Å²) in [4.78, 5) is 12.2. The van der Waals surface area contributed by atoms with E-state index in [1.54, 1.807) is 17.8 Å². The standard InChI is InChI=1S/C15H16N6O/c1-9(22)7-20-8-11(5-18-20)14-13-6-17-15-12(3-4-16-15)21(13)10(2)19-14/h3-6,8-9,16,22H,7H2,1-2H3. The second kappa shape index (κ2) is 4.67. The van der Waals surface area contributed by atoms with Crippen molar-refractivity contribution in [2.24, 2.45) is 0 Å². The van der Waals surface area contributed by atoms with Gasteiger partial charge in [-0.25, -0.2) is 9.97 Å². The number of aliphatic hydroxyl groups excluding tert-OH is 1. The van der Waals surface area contributed by atoms with Crippen LogP contribution in [0.15, 0.2) is 30.9 Å². The summed E-state index contributed by atoms with van der Waals surface area (Å²) in [6.45, 7) is 4.18. The van der Waals surface area contributed by atoms with Crippen LogP contribution in [0.3, 0.4) is 0 Å². The largest absolute Gasteiger partial charge is 0.391 e. The van der Waals surface area contributed by atoms with Gasteiger partial charge in [-0.2, -0.15) is 5.10 Å². The summed E-state index contributed by atoms with van der Waals surface area (Å²) in [5, 5.41) is 13.7. The fourth-order valence-electron chi connectivity index (χ4n) is 2.80. The summed E-state index contributed by atoms with van der Waals surface area (Å²) >= 11 is 0. The van der Waals surface area contributed by atoms with Crippen molar-refractivity contribution in [2.75, 3.05) is 0 Å². The van der Waals surface area contributed by atoms with E-state index in [0.717, 1.165) is 33.8 Å². The van der Waals surface area contributed by atoms with Gasteiger partial charge in [0.2, 0.25) is 0 Å². The first kappa shape index (κ1) is 13.0. The quantitative estimate of drug-likeness (QED) is 0.603. The number of aryl methyl sites for hydroxylation is 1. The number of H-pyrrole nitrogens is 1. The molecule has 4 aromatic heterocycles. The Hall–Kier alpha value is -2.67. The van der Waals surface area contributed by atoms with E-state index >= 15 is 0 Å². The highest BCUT2D eigenvalue weighted by Gasteiger charge is 2.15. The van der Waals surface area contributed by atoms with Gasteiger partial charge in [0.1, 0.15) is 11.5 Å². The third kappa shape index (κ3) is 1.90. The van der Waals surface area contributed by atoms with E-state index in [4.69, 9.17) is 0 Å². The van der Waals surface area contributed by atoms with Crippen molar-refractivity contribution in [2.45, 2.75) is 26.5 Å². The number of aromatic nitrogens is 6. The number of aliphatic hydroxyl groups is 1. The molecule has 4 aromatic rings. The number of aromatic amines is 1. The van der Waals surface area contributed by atoms with E-state index in [1.165, 1.54) is 0 Å². The molecule has 0 aliphatic rings. The first-order chi connectivity index (χ1) is 10.6. The van der Waals surface area contributed by atoms with E-state index in [-0.39, 0.29) is 0 Å². The average molecular weight is 296 g/mol. The summed E-state index contributed by atoms with van der Waals surface area (Å²) in [6, 6.07) is 1.99. The second-order valence-corrected chi connectivity index (χ2v) is 5.50. The summed E-state index contributed by atoms with van der Waals surface area (Å²) < 4.78 is 3.81. The molecule has 0 radical (unpaired) electrons. The van der Waals surface area contributed by atoms with Crippen molar-refractivity contribution in [3.05, 3.63) is 36.7 Å². The number of hydrogen-bond donors (Lipinski definition) is 2. The van der Waals surface area contributed by atoms with Crippen LogP contribution < -0.4 is 0 Å². The van der Waals surface area contributed by atoms with Crippen LogP contribution in [0, 0.1) is 6.92 Å². The van der Waals surface area contributed by atoms with Crippen LogP contribution in [0.5, 0.6) is 0 Å². The van der Waals surface area contributed by atoms with E-state index < -0.39 is 6.10 Å². The maximum Gasteiger partial charge on any atom is 0.154 e. The Kier molecular flexibility index (Phi) is 2.77. The molecule has 7 heteroatoms. The van der Waals surface area contributed by atoms with Gasteiger partial charge in [0.05, 0.1) is 36.1 Å². The van der Waals surface area contributed by atoms with Crippen LogP contribution in [0.4, 0.5) is 0 Å². The van der Waals surface area contributed by atoms with Gasteiger partial charge < -0.3 is 10.1 Å². The maximum atomic E-state index is 9.46. The lowest BCUT2D eigenvalue weighted by Crippen LogP contribution is -2.11. The minimum atomic E-state index is -0.436. The van der Waals surface area contributed by atoms with E-state index in [1.807, 2.05) is 31.6 Å². The van der Waals surface area contributed by atoms with Crippen LogP contribution in [0.1, 0.15) is 12.7 Å². The number of hydrogen-bond acceptors (Lipinski definition) is 4. The molecule has 4 rings (SSSR count). The zero-order chi connectivity index (χ0) is 15.3. The Morgan fingerprint density at radius 1 is 1.32 bits per heavy atom. The number of fused-ring (bicyclic) bond motifs is 3. The zero-order valence-corrected chi connectivity index (χ0v) is 12.4. The van der Waals surface area contributed by atoms with Crippen LogP contribution in [-0.4, -0.2) is 40.3 Å². The molecule has 7 nitrogen and oxygen atoms in total. The highest BCUT2D eigenvalue weighted by atomic mass is 16.3. The van der Waals surface area contributed by atoms with E-state index in [0.29, 0.717) is 6.54 Å². The third-order valence-corrected chi connectivity index (χ3v) is 3.70. The van der Waals surface area contributed by atoms with Gasteiger partial charge in [-0.1, -0.05) is 0 Å². The van der Waals surface area contributed by atoms with Crippen LogP contribution in [0.25, 0.3) is 27.9 Å². The van der Waals surface area contributed by atoms with Crippen LogP contribution >= 0.6 is 0 Å².